The highest BCUT2D eigenvalue weighted by molar-refractivity contribution is 5.94. The van der Waals surface area contributed by atoms with Crippen LogP contribution in [0, 0.1) is 5.92 Å². The van der Waals surface area contributed by atoms with Crippen LogP contribution in [0.3, 0.4) is 0 Å². The molecule has 0 aromatic heterocycles. The molecule has 1 aromatic carbocycles. The molecule has 1 saturated heterocycles. The second-order valence-electron chi connectivity index (χ2n) is 6.03. The normalized spacial score (nSPS) is 21.3. The van der Waals surface area contributed by atoms with Crippen LogP contribution >= 0.6 is 12.4 Å². The van der Waals surface area contributed by atoms with Crippen molar-refractivity contribution in [3.05, 3.63) is 29.8 Å². The zero-order valence-corrected chi connectivity index (χ0v) is 13.3. The molecule has 0 aliphatic carbocycles. The zero-order valence-electron chi connectivity index (χ0n) is 12.5. The lowest BCUT2D eigenvalue weighted by Gasteiger charge is -2.23. The molecular formula is C17H25ClN2O. The number of hydrogen-bond donors (Lipinski definition) is 1. The van der Waals surface area contributed by atoms with E-state index in [9.17, 15) is 4.79 Å². The summed E-state index contributed by atoms with van der Waals surface area (Å²) in [5, 5.41) is 3.38. The minimum absolute atomic E-state index is 0. The van der Waals surface area contributed by atoms with Crippen molar-refractivity contribution in [1.29, 1.82) is 0 Å². The number of rotatable bonds is 3. The van der Waals surface area contributed by atoms with Gasteiger partial charge in [-0.3, -0.25) is 4.79 Å². The summed E-state index contributed by atoms with van der Waals surface area (Å²) in [6.45, 7) is 3.09. The molecule has 21 heavy (non-hydrogen) atoms. The first-order valence-corrected chi connectivity index (χ1v) is 7.93. The molecule has 4 heteroatoms. The summed E-state index contributed by atoms with van der Waals surface area (Å²) < 4.78 is 0. The molecule has 0 saturated carbocycles. The average molecular weight is 309 g/mol. The maximum atomic E-state index is 12.6. The maximum absolute atomic E-state index is 12.6. The summed E-state index contributed by atoms with van der Waals surface area (Å²) in [5.41, 5.74) is 2.49. The van der Waals surface area contributed by atoms with Crippen molar-refractivity contribution in [3.8, 4) is 0 Å². The molecule has 1 fully saturated rings. The number of hydrogen-bond acceptors (Lipinski definition) is 2. The fraction of sp³-hybridized carbons (Fsp3) is 0.588. The summed E-state index contributed by atoms with van der Waals surface area (Å²) in [7, 11) is 0. The van der Waals surface area contributed by atoms with Crippen LogP contribution < -0.4 is 10.2 Å². The SMILES string of the molecule is Cl.O=C(CCC1CCNC1)N1CCCCc2ccccc21. The lowest BCUT2D eigenvalue weighted by atomic mass is 10.0. The summed E-state index contributed by atoms with van der Waals surface area (Å²) >= 11 is 0. The molecule has 1 amide bonds. The van der Waals surface area contributed by atoms with Gasteiger partial charge in [0.25, 0.3) is 0 Å². The van der Waals surface area contributed by atoms with Gasteiger partial charge in [-0.15, -0.1) is 12.4 Å². The van der Waals surface area contributed by atoms with E-state index < -0.39 is 0 Å². The maximum Gasteiger partial charge on any atom is 0.226 e. The van der Waals surface area contributed by atoms with Gasteiger partial charge in [0.2, 0.25) is 5.91 Å². The second-order valence-corrected chi connectivity index (χ2v) is 6.03. The number of anilines is 1. The highest BCUT2D eigenvalue weighted by Crippen LogP contribution is 2.27. The first-order chi connectivity index (χ1) is 9.84. The quantitative estimate of drug-likeness (QED) is 0.930. The summed E-state index contributed by atoms with van der Waals surface area (Å²) in [4.78, 5) is 14.6. The van der Waals surface area contributed by atoms with Gasteiger partial charge in [0.15, 0.2) is 0 Å². The fourth-order valence-corrected chi connectivity index (χ4v) is 3.37. The third-order valence-electron chi connectivity index (χ3n) is 4.59. The number of amides is 1. The molecule has 2 aliphatic rings. The van der Waals surface area contributed by atoms with Gasteiger partial charge in [0.05, 0.1) is 0 Å². The molecule has 2 heterocycles. The number of fused-ring (bicyclic) bond motifs is 1. The molecule has 116 valence electrons. The Kier molecular flexibility index (Phi) is 6.07. The van der Waals surface area contributed by atoms with E-state index in [1.165, 1.54) is 18.4 Å². The molecule has 1 atom stereocenters. The van der Waals surface area contributed by atoms with E-state index in [0.29, 0.717) is 18.2 Å². The molecule has 1 unspecified atom stereocenters. The van der Waals surface area contributed by atoms with Crippen LogP contribution in [-0.2, 0) is 11.2 Å². The molecule has 1 aromatic rings. The summed E-state index contributed by atoms with van der Waals surface area (Å²) in [6.07, 6.45) is 6.36. The molecule has 0 radical (unpaired) electrons. The Balaban J connectivity index is 0.00000161. The predicted molar refractivity (Wildman–Crippen MR) is 89.2 cm³/mol. The molecule has 3 nitrogen and oxygen atoms in total. The molecule has 0 spiro atoms. The zero-order chi connectivity index (χ0) is 13.8. The smallest absolute Gasteiger partial charge is 0.226 e. The van der Waals surface area contributed by atoms with Crippen molar-refractivity contribution in [1.82, 2.24) is 5.32 Å². The molecule has 0 bridgehead atoms. The Hall–Kier alpha value is -1.06. The van der Waals surface area contributed by atoms with Gasteiger partial charge in [-0.1, -0.05) is 18.2 Å². The van der Waals surface area contributed by atoms with Crippen LogP contribution in [-0.4, -0.2) is 25.5 Å². The van der Waals surface area contributed by atoms with Crippen LogP contribution in [0.15, 0.2) is 24.3 Å². The van der Waals surface area contributed by atoms with Crippen molar-refractivity contribution in [3.63, 3.8) is 0 Å². The van der Waals surface area contributed by atoms with Gasteiger partial charge in [0, 0.05) is 18.7 Å². The minimum Gasteiger partial charge on any atom is -0.316 e. The number of carbonyl (C=O) groups excluding carboxylic acids is 1. The lowest BCUT2D eigenvalue weighted by molar-refractivity contribution is -0.118. The molecule has 2 aliphatic heterocycles. The highest BCUT2D eigenvalue weighted by atomic mass is 35.5. The Morgan fingerprint density at radius 3 is 2.95 bits per heavy atom. The molecule has 1 N–H and O–H groups in total. The Morgan fingerprint density at radius 1 is 1.29 bits per heavy atom. The van der Waals surface area contributed by atoms with E-state index in [4.69, 9.17) is 0 Å². The van der Waals surface area contributed by atoms with Crippen LogP contribution in [0.2, 0.25) is 0 Å². The standard InChI is InChI=1S/C17H24N2O.ClH/c20-17(9-8-14-10-11-18-13-14)19-12-4-3-6-15-5-1-2-7-16(15)19;/h1-2,5,7,14,18H,3-4,6,8-13H2;1H. The van der Waals surface area contributed by atoms with Gasteiger partial charge in [0.1, 0.15) is 0 Å². The second kappa shape index (κ2) is 7.81. The van der Waals surface area contributed by atoms with Gasteiger partial charge in [-0.2, -0.15) is 0 Å². The molecular weight excluding hydrogens is 284 g/mol. The number of para-hydroxylation sites is 1. The van der Waals surface area contributed by atoms with E-state index in [1.54, 1.807) is 0 Å². The number of aryl methyl sites for hydroxylation is 1. The average Bonchev–Trinajstić information content (AvgIpc) is 2.90. The van der Waals surface area contributed by atoms with Gasteiger partial charge < -0.3 is 10.2 Å². The number of nitrogens with zero attached hydrogens (tertiary/aromatic N) is 1. The van der Waals surface area contributed by atoms with E-state index in [0.717, 1.165) is 44.6 Å². The molecule has 3 rings (SSSR count). The summed E-state index contributed by atoms with van der Waals surface area (Å²) in [6, 6.07) is 8.40. The first-order valence-electron chi connectivity index (χ1n) is 7.93. The number of nitrogens with one attached hydrogen (secondary N) is 1. The summed E-state index contributed by atoms with van der Waals surface area (Å²) in [5.74, 6) is 1.01. The van der Waals surface area contributed by atoms with E-state index in [2.05, 4.69) is 23.5 Å². The van der Waals surface area contributed by atoms with Crippen LogP contribution in [0.4, 0.5) is 5.69 Å². The van der Waals surface area contributed by atoms with E-state index >= 15 is 0 Å². The van der Waals surface area contributed by atoms with Crippen LogP contribution in [0.5, 0.6) is 0 Å². The number of carbonyl (C=O) groups is 1. The Bertz CT molecular complexity index is 472. The van der Waals surface area contributed by atoms with Crippen LogP contribution in [0.1, 0.15) is 37.7 Å². The monoisotopic (exact) mass is 308 g/mol. The third-order valence-corrected chi connectivity index (χ3v) is 4.59. The number of benzene rings is 1. The van der Waals surface area contributed by atoms with Crippen molar-refractivity contribution < 1.29 is 4.79 Å². The van der Waals surface area contributed by atoms with Crippen molar-refractivity contribution in [2.24, 2.45) is 5.92 Å². The number of halogens is 1. The van der Waals surface area contributed by atoms with E-state index in [1.807, 2.05) is 11.0 Å². The lowest BCUT2D eigenvalue weighted by Crippen LogP contribution is -2.32. The van der Waals surface area contributed by atoms with Gasteiger partial charge >= 0.3 is 0 Å². The van der Waals surface area contributed by atoms with Gasteiger partial charge in [-0.25, -0.2) is 0 Å². The largest absolute Gasteiger partial charge is 0.316 e. The third kappa shape index (κ3) is 3.98. The topological polar surface area (TPSA) is 32.3 Å². The minimum atomic E-state index is 0. The van der Waals surface area contributed by atoms with Crippen LogP contribution in [0.25, 0.3) is 0 Å². The van der Waals surface area contributed by atoms with Crippen molar-refractivity contribution in [2.45, 2.75) is 38.5 Å². The Labute approximate surface area is 133 Å². The van der Waals surface area contributed by atoms with Crippen molar-refractivity contribution in [2.75, 3.05) is 24.5 Å². The van der Waals surface area contributed by atoms with Crippen molar-refractivity contribution >= 4 is 24.0 Å². The first kappa shape index (κ1) is 16.3. The van der Waals surface area contributed by atoms with Gasteiger partial charge in [-0.05, 0) is 62.7 Å². The highest BCUT2D eigenvalue weighted by Gasteiger charge is 2.22. The fourth-order valence-electron chi connectivity index (χ4n) is 3.37. The Morgan fingerprint density at radius 2 is 2.14 bits per heavy atom. The predicted octanol–water partition coefficient (Wildman–Crippen LogP) is 3.17. The van der Waals surface area contributed by atoms with E-state index in [-0.39, 0.29) is 12.4 Å².